The minimum atomic E-state index is -0.707. The maximum absolute atomic E-state index is 13.2. The van der Waals surface area contributed by atoms with E-state index in [4.69, 9.17) is 5.73 Å². The summed E-state index contributed by atoms with van der Waals surface area (Å²) in [7, 11) is 0. The van der Waals surface area contributed by atoms with Crippen LogP contribution in [-0.2, 0) is 11.2 Å². The first-order chi connectivity index (χ1) is 11.3. The summed E-state index contributed by atoms with van der Waals surface area (Å²) in [6.07, 6.45) is 2.49. The predicted octanol–water partition coefficient (Wildman–Crippen LogP) is 2.89. The Labute approximate surface area is 142 Å². The van der Waals surface area contributed by atoms with Crippen molar-refractivity contribution in [2.45, 2.75) is 40.0 Å². The van der Waals surface area contributed by atoms with Crippen molar-refractivity contribution in [1.29, 1.82) is 0 Å². The van der Waals surface area contributed by atoms with Gasteiger partial charge in [-0.2, -0.15) is 5.10 Å². The number of carbonyl (C=O) groups is 2. The first-order valence-electron chi connectivity index (χ1n) is 8.47. The van der Waals surface area contributed by atoms with E-state index in [9.17, 15) is 9.59 Å². The first kappa shape index (κ1) is 16.7. The van der Waals surface area contributed by atoms with Gasteiger partial charge in [-0.05, 0) is 29.7 Å². The Morgan fingerprint density at radius 2 is 1.96 bits per heavy atom. The zero-order valence-corrected chi connectivity index (χ0v) is 14.5. The normalized spacial score (nSPS) is 31.3. The Hall–Kier alpha value is -2.17. The van der Waals surface area contributed by atoms with Crippen LogP contribution in [0.4, 0.5) is 4.79 Å². The van der Waals surface area contributed by atoms with E-state index in [2.05, 4.69) is 31.3 Å². The number of carbonyl (C=O) groups excluding carboxylic acids is 2. The number of urea groups is 1. The molecule has 3 unspecified atom stereocenters. The quantitative estimate of drug-likeness (QED) is 0.658. The lowest BCUT2D eigenvalue weighted by Gasteiger charge is -2.32. The van der Waals surface area contributed by atoms with Gasteiger partial charge in [-0.1, -0.05) is 51.1 Å². The minimum Gasteiger partial charge on any atom is -0.350 e. The van der Waals surface area contributed by atoms with E-state index in [1.54, 1.807) is 0 Å². The lowest BCUT2D eigenvalue weighted by atomic mass is 9.70. The van der Waals surface area contributed by atoms with Gasteiger partial charge in [-0.25, -0.2) is 10.2 Å². The van der Waals surface area contributed by atoms with Gasteiger partial charge in [0, 0.05) is 11.8 Å². The molecule has 5 heteroatoms. The summed E-state index contributed by atoms with van der Waals surface area (Å²) in [5.41, 5.74) is 8.93. The fourth-order valence-electron chi connectivity index (χ4n) is 4.62. The van der Waals surface area contributed by atoms with Gasteiger partial charge in [0.1, 0.15) is 5.78 Å². The molecule has 0 heterocycles. The number of nitrogens with zero attached hydrogens (tertiary/aromatic N) is 1. The number of nitrogens with two attached hydrogens (primary N) is 1. The lowest BCUT2D eigenvalue weighted by Crippen LogP contribution is -2.37. The van der Waals surface area contributed by atoms with Crippen LogP contribution in [0.5, 0.6) is 0 Å². The van der Waals surface area contributed by atoms with Crippen molar-refractivity contribution < 1.29 is 9.59 Å². The van der Waals surface area contributed by atoms with E-state index in [1.165, 1.54) is 0 Å². The second-order valence-electron chi connectivity index (χ2n) is 7.78. The number of fused-ring (bicyclic) bond motifs is 2. The maximum atomic E-state index is 13.2. The highest BCUT2D eigenvalue weighted by Crippen LogP contribution is 2.66. The van der Waals surface area contributed by atoms with Crippen LogP contribution in [0.1, 0.15) is 39.2 Å². The molecule has 0 spiro atoms. The van der Waals surface area contributed by atoms with E-state index >= 15 is 0 Å². The van der Waals surface area contributed by atoms with Crippen molar-refractivity contribution in [3.63, 3.8) is 0 Å². The first-order valence-corrected chi connectivity index (χ1v) is 8.47. The molecule has 3 rings (SSSR count). The monoisotopic (exact) mass is 327 g/mol. The molecule has 24 heavy (non-hydrogen) atoms. The molecule has 1 aromatic carbocycles. The van der Waals surface area contributed by atoms with Crippen molar-refractivity contribution in [3.8, 4) is 0 Å². The highest BCUT2D eigenvalue weighted by Gasteiger charge is 2.67. The molecule has 2 bridgehead atoms. The third-order valence-corrected chi connectivity index (χ3v) is 6.43. The van der Waals surface area contributed by atoms with Gasteiger partial charge < -0.3 is 5.73 Å². The molecule has 0 saturated heterocycles. The van der Waals surface area contributed by atoms with E-state index in [0.29, 0.717) is 12.1 Å². The van der Waals surface area contributed by atoms with Crippen molar-refractivity contribution in [1.82, 2.24) is 5.43 Å². The molecular weight excluding hydrogens is 302 g/mol. The Balaban J connectivity index is 1.96. The molecule has 5 nitrogen and oxygen atoms in total. The Morgan fingerprint density at radius 3 is 2.50 bits per heavy atom. The summed E-state index contributed by atoms with van der Waals surface area (Å²) in [6.45, 7) is 6.45. The molecule has 0 radical (unpaired) electrons. The van der Waals surface area contributed by atoms with Gasteiger partial charge >= 0.3 is 6.03 Å². The number of primary amides is 1. The van der Waals surface area contributed by atoms with Gasteiger partial charge in [-0.3, -0.25) is 4.79 Å². The third kappa shape index (κ3) is 2.43. The Morgan fingerprint density at radius 1 is 1.29 bits per heavy atom. The average Bonchev–Trinajstić information content (AvgIpc) is 2.85. The molecule has 128 valence electrons. The van der Waals surface area contributed by atoms with Crippen LogP contribution in [-0.4, -0.2) is 17.5 Å². The summed E-state index contributed by atoms with van der Waals surface area (Å²) >= 11 is 0. The van der Waals surface area contributed by atoms with Crippen molar-refractivity contribution >= 4 is 17.5 Å². The van der Waals surface area contributed by atoms with E-state index < -0.39 is 6.03 Å². The second-order valence-corrected chi connectivity index (χ2v) is 7.78. The van der Waals surface area contributed by atoms with Gasteiger partial charge in [0.15, 0.2) is 0 Å². The number of rotatable bonds is 4. The topological polar surface area (TPSA) is 84.5 Å². The van der Waals surface area contributed by atoms with Gasteiger partial charge in [-0.15, -0.1) is 0 Å². The second kappa shape index (κ2) is 5.72. The number of hydrogen-bond donors (Lipinski definition) is 2. The number of Topliss-reactive ketones (excluding diaryl/α,β-unsaturated/α-hetero) is 1. The summed E-state index contributed by atoms with van der Waals surface area (Å²) in [5.74, 6) is 0.266. The SMILES string of the molecule is CC12CCC(C(C(Cc3ccccc3)=NNC(N)=O)C1=O)C2(C)C. The van der Waals surface area contributed by atoms with Gasteiger partial charge in [0.05, 0.1) is 11.6 Å². The number of nitrogens with one attached hydrogen (secondary N) is 1. The van der Waals surface area contributed by atoms with Crippen LogP contribution in [0.25, 0.3) is 0 Å². The molecule has 2 aliphatic carbocycles. The number of benzene rings is 1. The fourth-order valence-corrected chi connectivity index (χ4v) is 4.62. The summed E-state index contributed by atoms with van der Waals surface area (Å²) in [6, 6.07) is 9.18. The van der Waals surface area contributed by atoms with E-state index in [1.807, 2.05) is 30.3 Å². The zero-order chi connectivity index (χ0) is 17.5. The molecule has 2 amide bonds. The van der Waals surface area contributed by atoms with Crippen LogP contribution in [0, 0.1) is 22.7 Å². The number of hydrogen-bond acceptors (Lipinski definition) is 3. The molecule has 3 N–H and O–H groups in total. The molecule has 1 aromatic rings. The number of amides is 2. The van der Waals surface area contributed by atoms with Crippen LogP contribution in [0.3, 0.4) is 0 Å². The number of ketones is 1. The maximum Gasteiger partial charge on any atom is 0.332 e. The molecule has 3 atom stereocenters. The van der Waals surface area contributed by atoms with E-state index in [0.717, 1.165) is 18.4 Å². The van der Waals surface area contributed by atoms with Crippen LogP contribution in [0.2, 0.25) is 0 Å². The Kier molecular flexibility index (Phi) is 3.98. The van der Waals surface area contributed by atoms with Crippen LogP contribution < -0.4 is 11.2 Å². The fraction of sp³-hybridized carbons (Fsp3) is 0.526. The van der Waals surface area contributed by atoms with E-state index in [-0.39, 0.29) is 28.4 Å². The summed E-state index contributed by atoms with van der Waals surface area (Å²) in [4.78, 5) is 24.3. The largest absolute Gasteiger partial charge is 0.350 e. The minimum absolute atomic E-state index is 0.0566. The third-order valence-electron chi connectivity index (χ3n) is 6.43. The van der Waals surface area contributed by atoms with Crippen molar-refractivity contribution in [3.05, 3.63) is 35.9 Å². The molecule has 0 aromatic heterocycles. The lowest BCUT2D eigenvalue weighted by molar-refractivity contribution is -0.129. The van der Waals surface area contributed by atoms with Crippen LogP contribution >= 0.6 is 0 Å². The molecule has 0 aliphatic heterocycles. The number of hydrazone groups is 1. The standard InChI is InChI=1S/C19H25N3O2/c1-18(2)13-9-10-19(18,3)16(23)15(13)14(21-22-17(20)24)11-12-7-5-4-6-8-12/h4-8,13,15H,9-11H2,1-3H3,(H3,20,22,24). The average molecular weight is 327 g/mol. The highest BCUT2D eigenvalue weighted by molar-refractivity contribution is 6.11. The summed E-state index contributed by atoms with van der Waals surface area (Å²) < 4.78 is 0. The Bertz CT molecular complexity index is 696. The molecule has 2 fully saturated rings. The highest BCUT2D eigenvalue weighted by atomic mass is 16.2. The van der Waals surface area contributed by atoms with Crippen LogP contribution in [0.15, 0.2) is 35.4 Å². The zero-order valence-electron chi connectivity index (χ0n) is 14.5. The predicted molar refractivity (Wildman–Crippen MR) is 93.4 cm³/mol. The molecule has 2 saturated carbocycles. The summed E-state index contributed by atoms with van der Waals surface area (Å²) in [5, 5.41) is 4.24. The molecular formula is C19H25N3O2. The van der Waals surface area contributed by atoms with Gasteiger partial charge in [0.2, 0.25) is 0 Å². The molecule has 2 aliphatic rings. The smallest absolute Gasteiger partial charge is 0.332 e. The van der Waals surface area contributed by atoms with Crippen molar-refractivity contribution in [2.75, 3.05) is 0 Å². The van der Waals surface area contributed by atoms with Gasteiger partial charge in [0.25, 0.3) is 0 Å². The van der Waals surface area contributed by atoms with Crippen molar-refractivity contribution in [2.24, 2.45) is 33.5 Å².